The van der Waals surface area contributed by atoms with E-state index < -0.39 is 11.8 Å². The molecule has 0 saturated carbocycles. The third-order valence-electron chi connectivity index (χ3n) is 5.62. The Balaban J connectivity index is 1.26. The number of carbonyl (C=O) groups excluding carboxylic acids is 3. The van der Waals surface area contributed by atoms with Crippen molar-refractivity contribution in [1.29, 1.82) is 0 Å². The van der Waals surface area contributed by atoms with E-state index in [1.165, 1.54) is 34.8 Å². The van der Waals surface area contributed by atoms with Crippen molar-refractivity contribution in [3.8, 4) is 0 Å². The van der Waals surface area contributed by atoms with Gasteiger partial charge >= 0.3 is 0 Å². The minimum atomic E-state index is -0.485. The van der Waals surface area contributed by atoms with Crippen molar-refractivity contribution < 1.29 is 18.8 Å². The van der Waals surface area contributed by atoms with Crippen molar-refractivity contribution in [2.75, 3.05) is 13.1 Å². The van der Waals surface area contributed by atoms with Gasteiger partial charge in [0.1, 0.15) is 16.4 Å². The number of hydrogen-bond acceptors (Lipinski definition) is 7. The number of carbonyl (C=O) groups is 3. The molecule has 2 N–H and O–H groups in total. The molecule has 1 aliphatic heterocycles. The molecule has 8 nitrogen and oxygen atoms in total. The van der Waals surface area contributed by atoms with E-state index in [9.17, 15) is 18.8 Å². The SMILES string of the molecule is Cc1nc(C)c(C(=O)NNC(=O)c2csc(C3CCN(C(=O)Cc4ccc(F)cc4)CC3)n2)s1. The van der Waals surface area contributed by atoms with Crippen LogP contribution in [0.15, 0.2) is 29.6 Å². The second-order valence-electron chi connectivity index (χ2n) is 8.08. The number of aryl methyl sites for hydroxylation is 2. The standard InChI is InChI=1S/C23H24FN5O3S2/c1-13-20(34-14(2)25-13)22(32)28-27-21(31)18-12-33-23(26-18)16-7-9-29(10-8-16)19(30)11-15-3-5-17(24)6-4-15/h3-6,12,16H,7-11H2,1-2H3,(H,27,31)(H,28,32). The van der Waals surface area contributed by atoms with Gasteiger partial charge in [-0.2, -0.15) is 0 Å². The van der Waals surface area contributed by atoms with Gasteiger partial charge in [-0.15, -0.1) is 22.7 Å². The fraction of sp³-hybridized carbons (Fsp3) is 0.348. The Kier molecular flexibility index (Phi) is 7.32. The fourth-order valence-corrected chi connectivity index (χ4v) is 5.61. The van der Waals surface area contributed by atoms with Gasteiger partial charge in [-0.3, -0.25) is 25.2 Å². The van der Waals surface area contributed by atoms with Gasteiger partial charge in [0.15, 0.2) is 0 Å². The van der Waals surface area contributed by atoms with E-state index in [-0.39, 0.29) is 29.8 Å². The van der Waals surface area contributed by atoms with Crippen LogP contribution in [-0.4, -0.2) is 45.7 Å². The summed E-state index contributed by atoms with van der Waals surface area (Å²) >= 11 is 2.67. The van der Waals surface area contributed by atoms with Gasteiger partial charge in [0, 0.05) is 24.4 Å². The molecule has 0 spiro atoms. The van der Waals surface area contributed by atoms with Crippen LogP contribution < -0.4 is 10.9 Å². The van der Waals surface area contributed by atoms with Gasteiger partial charge in [-0.25, -0.2) is 14.4 Å². The van der Waals surface area contributed by atoms with E-state index >= 15 is 0 Å². The van der Waals surface area contributed by atoms with Crippen molar-refractivity contribution in [3.63, 3.8) is 0 Å². The highest BCUT2D eigenvalue weighted by molar-refractivity contribution is 7.13. The predicted octanol–water partition coefficient (Wildman–Crippen LogP) is 3.38. The monoisotopic (exact) mass is 501 g/mol. The van der Waals surface area contributed by atoms with Crippen LogP contribution in [0.1, 0.15) is 60.2 Å². The number of likely N-dealkylation sites (tertiary alicyclic amines) is 1. The van der Waals surface area contributed by atoms with Crippen LogP contribution in [0.2, 0.25) is 0 Å². The van der Waals surface area contributed by atoms with E-state index in [4.69, 9.17) is 0 Å². The summed E-state index contributed by atoms with van der Waals surface area (Å²) in [5.41, 5.74) is 6.47. The van der Waals surface area contributed by atoms with Gasteiger partial charge in [-0.1, -0.05) is 12.1 Å². The molecule has 4 rings (SSSR count). The highest BCUT2D eigenvalue weighted by Gasteiger charge is 2.26. The van der Waals surface area contributed by atoms with Gasteiger partial charge in [0.25, 0.3) is 11.8 Å². The van der Waals surface area contributed by atoms with Gasteiger partial charge in [0.2, 0.25) is 5.91 Å². The van der Waals surface area contributed by atoms with Crippen LogP contribution in [0.3, 0.4) is 0 Å². The van der Waals surface area contributed by atoms with Crippen molar-refractivity contribution in [2.24, 2.45) is 0 Å². The lowest BCUT2D eigenvalue weighted by Gasteiger charge is -2.31. The highest BCUT2D eigenvalue weighted by atomic mass is 32.1. The number of halogens is 1. The summed E-state index contributed by atoms with van der Waals surface area (Å²) in [4.78, 5) is 48.2. The molecule has 34 heavy (non-hydrogen) atoms. The molecule has 0 atom stereocenters. The maximum Gasteiger partial charge on any atom is 0.289 e. The van der Waals surface area contributed by atoms with Crippen LogP contribution >= 0.6 is 22.7 Å². The number of nitrogens with one attached hydrogen (secondary N) is 2. The first-order chi connectivity index (χ1) is 16.3. The summed E-state index contributed by atoms with van der Waals surface area (Å²) in [5, 5.41) is 3.29. The average molecular weight is 502 g/mol. The molecule has 178 valence electrons. The largest absolute Gasteiger partial charge is 0.342 e. The Bertz CT molecular complexity index is 1200. The minimum absolute atomic E-state index is 0.0198. The number of rotatable bonds is 5. The number of hydrogen-bond donors (Lipinski definition) is 2. The molecule has 2 aromatic heterocycles. The molecule has 1 fully saturated rings. The van der Waals surface area contributed by atoms with Crippen LogP contribution in [0, 0.1) is 19.7 Å². The van der Waals surface area contributed by atoms with E-state index in [1.54, 1.807) is 24.4 Å². The summed E-state index contributed by atoms with van der Waals surface area (Å²) in [6, 6.07) is 5.98. The van der Waals surface area contributed by atoms with Crippen molar-refractivity contribution in [1.82, 2.24) is 25.7 Å². The van der Waals surface area contributed by atoms with Crippen molar-refractivity contribution in [2.45, 2.75) is 39.0 Å². The number of hydrazine groups is 1. The molecule has 1 aliphatic rings. The summed E-state index contributed by atoms with van der Waals surface area (Å²) in [5.74, 6) is -1.03. The van der Waals surface area contributed by atoms with Gasteiger partial charge < -0.3 is 4.90 Å². The number of piperidine rings is 1. The smallest absolute Gasteiger partial charge is 0.289 e. The van der Waals surface area contributed by atoms with Crippen LogP contribution in [0.4, 0.5) is 4.39 Å². The first-order valence-corrected chi connectivity index (χ1v) is 12.5. The molecule has 0 aliphatic carbocycles. The van der Waals surface area contributed by atoms with E-state index in [0.29, 0.717) is 23.7 Å². The first kappa shape index (κ1) is 24.0. The Morgan fingerprint density at radius 3 is 2.38 bits per heavy atom. The molecule has 11 heteroatoms. The number of benzene rings is 1. The fourth-order valence-electron chi connectivity index (χ4n) is 3.82. The number of thiazole rings is 2. The average Bonchev–Trinajstić information content (AvgIpc) is 3.45. The second-order valence-corrected chi connectivity index (χ2v) is 10.2. The maximum atomic E-state index is 13.1. The zero-order valence-corrected chi connectivity index (χ0v) is 20.4. The third kappa shape index (κ3) is 5.65. The Morgan fingerprint density at radius 2 is 1.74 bits per heavy atom. The van der Waals surface area contributed by atoms with E-state index in [0.717, 1.165) is 28.4 Å². The number of aromatic nitrogens is 2. The molecular weight excluding hydrogens is 477 g/mol. The van der Waals surface area contributed by atoms with Crippen LogP contribution in [0.5, 0.6) is 0 Å². The normalized spacial score (nSPS) is 14.1. The van der Waals surface area contributed by atoms with Gasteiger partial charge in [-0.05, 0) is 44.4 Å². The lowest BCUT2D eigenvalue weighted by Crippen LogP contribution is -2.41. The zero-order chi connectivity index (χ0) is 24.2. The second kappa shape index (κ2) is 10.4. The first-order valence-electron chi connectivity index (χ1n) is 10.8. The quantitative estimate of drug-likeness (QED) is 0.522. The Hall–Kier alpha value is -3.18. The zero-order valence-electron chi connectivity index (χ0n) is 18.8. The number of amides is 3. The van der Waals surface area contributed by atoms with E-state index in [1.807, 2.05) is 11.8 Å². The Morgan fingerprint density at radius 1 is 1.06 bits per heavy atom. The summed E-state index contributed by atoms with van der Waals surface area (Å²) in [6.07, 6.45) is 1.76. The van der Waals surface area contributed by atoms with Crippen molar-refractivity contribution in [3.05, 3.63) is 67.3 Å². The van der Waals surface area contributed by atoms with Crippen molar-refractivity contribution >= 4 is 40.4 Å². The lowest BCUT2D eigenvalue weighted by atomic mass is 9.97. The number of nitrogens with zero attached hydrogens (tertiary/aromatic N) is 3. The minimum Gasteiger partial charge on any atom is -0.342 e. The van der Waals surface area contributed by atoms with Gasteiger partial charge in [0.05, 0.1) is 22.1 Å². The molecule has 0 radical (unpaired) electrons. The molecule has 0 unspecified atom stereocenters. The molecule has 1 aromatic carbocycles. The Labute approximate surface area is 204 Å². The highest BCUT2D eigenvalue weighted by Crippen LogP contribution is 2.30. The van der Waals surface area contributed by atoms with Crippen LogP contribution in [0.25, 0.3) is 0 Å². The predicted molar refractivity (Wildman–Crippen MR) is 127 cm³/mol. The lowest BCUT2D eigenvalue weighted by molar-refractivity contribution is -0.131. The molecule has 3 heterocycles. The molecular formula is C23H24FN5O3S2. The molecule has 3 aromatic rings. The summed E-state index contributed by atoms with van der Waals surface area (Å²) in [7, 11) is 0. The molecule has 0 bridgehead atoms. The molecule has 3 amide bonds. The topological polar surface area (TPSA) is 104 Å². The van der Waals surface area contributed by atoms with Crippen LogP contribution in [-0.2, 0) is 11.2 Å². The molecule has 1 saturated heterocycles. The maximum absolute atomic E-state index is 13.1. The summed E-state index contributed by atoms with van der Waals surface area (Å²) in [6.45, 7) is 4.77. The van der Waals surface area contributed by atoms with E-state index in [2.05, 4.69) is 20.8 Å². The summed E-state index contributed by atoms with van der Waals surface area (Å²) < 4.78 is 13.1. The third-order valence-corrected chi connectivity index (χ3v) is 7.70.